The van der Waals surface area contributed by atoms with E-state index in [1.54, 1.807) is 0 Å². The number of aryl methyl sites for hydroxylation is 1. The molecule has 5 rings (SSSR count). The van der Waals surface area contributed by atoms with E-state index in [0.717, 1.165) is 53.0 Å². The highest BCUT2D eigenvalue weighted by molar-refractivity contribution is 5.83. The summed E-state index contributed by atoms with van der Waals surface area (Å²) in [5.41, 5.74) is 11.8. The number of nitrogens with zero attached hydrogens (tertiary/aromatic N) is 3. The van der Waals surface area contributed by atoms with E-state index in [-0.39, 0.29) is 12.8 Å². The second-order valence-electron chi connectivity index (χ2n) is 7.36. The van der Waals surface area contributed by atoms with E-state index in [2.05, 4.69) is 23.0 Å². The smallest absolute Gasteiger partial charge is 0.231 e. The monoisotopic (exact) mass is 348 g/mol. The Morgan fingerprint density at radius 1 is 1.27 bits per heavy atom. The fraction of sp³-hybridized carbons (Fsp3) is 0.400. The van der Waals surface area contributed by atoms with E-state index in [9.17, 15) is 5.26 Å². The first kappa shape index (κ1) is 15.5. The standard InChI is InChI=1S/C20H20N4O2/c1-10-5-16-17(26-9-25-16)7-12(10)18-13(8-21)20(22)23-14-6-11-3-4-15(19(14)18)24(11)2/h5,7,11,15H,3-4,6,9H2,1-2H3,(H2,22,23)/t11-,15+/m0/s1. The van der Waals surface area contributed by atoms with Gasteiger partial charge < -0.3 is 15.2 Å². The third kappa shape index (κ3) is 1.98. The maximum Gasteiger partial charge on any atom is 0.231 e. The molecule has 1 aromatic heterocycles. The number of benzene rings is 1. The summed E-state index contributed by atoms with van der Waals surface area (Å²) in [6, 6.07) is 7.05. The molecule has 2 aromatic rings. The van der Waals surface area contributed by atoms with Crippen molar-refractivity contribution >= 4 is 5.82 Å². The van der Waals surface area contributed by atoms with Crippen LogP contribution in [0.2, 0.25) is 0 Å². The highest BCUT2D eigenvalue weighted by Gasteiger charge is 2.41. The number of hydrogen-bond acceptors (Lipinski definition) is 6. The maximum absolute atomic E-state index is 9.84. The van der Waals surface area contributed by atoms with Gasteiger partial charge in [0, 0.05) is 35.3 Å². The van der Waals surface area contributed by atoms with Crippen molar-refractivity contribution < 1.29 is 9.47 Å². The van der Waals surface area contributed by atoms with Gasteiger partial charge in [0.25, 0.3) is 0 Å². The summed E-state index contributed by atoms with van der Waals surface area (Å²) < 4.78 is 11.1. The van der Waals surface area contributed by atoms with Crippen molar-refractivity contribution in [3.05, 3.63) is 34.5 Å². The quantitative estimate of drug-likeness (QED) is 0.853. The van der Waals surface area contributed by atoms with Gasteiger partial charge >= 0.3 is 0 Å². The number of nitrogen functional groups attached to an aromatic ring is 1. The Morgan fingerprint density at radius 2 is 2.04 bits per heavy atom. The van der Waals surface area contributed by atoms with Crippen LogP contribution in [0.25, 0.3) is 11.1 Å². The van der Waals surface area contributed by atoms with Crippen molar-refractivity contribution in [2.24, 2.45) is 0 Å². The molecule has 6 nitrogen and oxygen atoms in total. The fourth-order valence-corrected chi connectivity index (χ4v) is 4.72. The third-order valence-electron chi connectivity index (χ3n) is 6.05. The van der Waals surface area contributed by atoms with Gasteiger partial charge in [-0.2, -0.15) is 5.26 Å². The maximum atomic E-state index is 9.84. The molecule has 2 atom stereocenters. The Kier molecular flexibility index (Phi) is 3.19. The van der Waals surface area contributed by atoms with Crippen molar-refractivity contribution in [2.75, 3.05) is 19.6 Å². The molecule has 6 heteroatoms. The molecule has 0 amide bonds. The summed E-state index contributed by atoms with van der Waals surface area (Å²) in [6.45, 7) is 2.26. The summed E-state index contributed by atoms with van der Waals surface area (Å²) in [5, 5.41) is 9.84. The highest BCUT2D eigenvalue weighted by Crippen LogP contribution is 2.49. The molecular formula is C20H20N4O2. The van der Waals surface area contributed by atoms with E-state index in [0.29, 0.717) is 23.2 Å². The van der Waals surface area contributed by atoms with E-state index >= 15 is 0 Å². The van der Waals surface area contributed by atoms with E-state index in [1.165, 1.54) is 0 Å². The number of anilines is 1. The molecule has 2 bridgehead atoms. The Labute approximate surface area is 152 Å². The zero-order valence-corrected chi connectivity index (χ0v) is 14.9. The predicted molar refractivity (Wildman–Crippen MR) is 96.9 cm³/mol. The first-order chi connectivity index (χ1) is 12.6. The molecule has 0 aliphatic carbocycles. The van der Waals surface area contributed by atoms with Gasteiger partial charge in [0.1, 0.15) is 17.5 Å². The average Bonchev–Trinajstić information content (AvgIpc) is 3.15. The topological polar surface area (TPSA) is 84.4 Å². The van der Waals surface area contributed by atoms with Crippen LogP contribution in [0, 0.1) is 18.3 Å². The van der Waals surface area contributed by atoms with Gasteiger partial charge in [-0.25, -0.2) is 4.98 Å². The Balaban J connectivity index is 1.83. The van der Waals surface area contributed by atoms with Crippen LogP contribution in [-0.4, -0.2) is 29.8 Å². The molecule has 132 valence electrons. The SMILES string of the molecule is Cc1cc2c(cc1-c1c(C#N)c(N)nc3c1[C@H]1CC[C@@H](C3)N1C)OCO2. The molecule has 0 unspecified atom stereocenters. The third-order valence-corrected chi connectivity index (χ3v) is 6.05. The van der Waals surface area contributed by atoms with Gasteiger partial charge in [-0.1, -0.05) is 0 Å². The number of fused-ring (bicyclic) bond motifs is 5. The molecule has 3 aliphatic heterocycles. The summed E-state index contributed by atoms with van der Waals surface area (Å²) in [6.07, 6.45) is 3.12. The van der Waals surface area contributed by atoms with Crippen molar-refractivity contribution in [1.82, 2.24) is 9.88 Å². The molecule has 3 aliphatic rings. The Bertz CT molecular complexity index is 979. The highest BCUT2D eigenvalue weighted by atomic mass is 16.7. The molecule has 1 saturated heterocycles. The van der Waals surface area contributed by atoms with Crippen molar-refractivity contribution in [3.63, 3.8) is 0 Å². The lowest BCUT2D eigenvalue weighted by Gasteiger charge is -2.34. The van der Waals surface area contributed by atoms with Crippen LogP contribution in [0.1, 0.15) is 41.3 Å². The van der Waals surface area contributed by atoms with Gasteiger partial charge in [0.2, 0.25) is 6.79 Å². The summed E-state index contributed by atoms with van der Waals surface area (Å²) in [7, 11) is 2.17. The zero-order valence-electron chi connectivity index (χ0n) is 14.9. The lowest BCUT2D eigenvalue weighted by Crippen LogP contribution is -2.35. The van der Waals surface area contributed by atoms with Crippen LogP contribution in [0.15, 0.2) is 12.1 Å². The number of nitriles is 1. The predicted octanol–water partition coefficient (Wildman–Crippen LogP) is 2.93. The Morgan fingerprint density at radius 3 is 2.81 bits per heavy atom. The molecular weight excluding hydrogens is 328 g/mol. The minimum absolute atomic E-state index is 0.229. The van der Waals surface area contributed by atoms with Crippen molar-refractivity contribution in [1.29, 1.82) is 5.26 Å². The number of ether oxygens (including phenoxy) is 2. The van der Waals surface area contributed by atoms with Gasteiger partial charge in [-0.3, -0.25) is 4.90 Å². The molecule has 1 fully saturated rings. The van der Waals surface area contributed by atoms with Crippen LogP contribution >= 0.6 is 0 Å². The fourth-order valence-electron chi connectivity index (χ4n) is 4.72. The van der Waals surface area contributed by atoms with Crippen LogP contribution in [-0.2, 0) is 6.42 Å². The number of likely N-dealkylation sites (N-methyl/N-ethyl adjacent to an activating group) is 1. The van der Waals surface area contributed by atoms with Gasteiger partial charge in [0.05, 0.1) is 0 Å². The van der Waals surface area contributed by atoms with Crippen molar-refractivity contribution in [3.8, 4) is 28.7 Å². The van der Waals surface area contributed by atoms with Gasteiger partial charge in [-0.05, 0) is 50.1 Å². The number of hydrogen-bond donors (Lipinski definition) is 1. The van der Waals surface area contributed by atoms with Crippen LogP contribution < -0.4 is 15.2 Å². The van der Waals surface area contributed by atoms with Gasteiger partial charge in [-0.15, -0.1) is 0 Å². The summed E-state index contributed by atoms with van der Waals surface area (Å²) in [4.78, 5) is 7.04. The number of pyridine rings is 1. The van der Waals surface area contributed by atoms with Crippen LogP contribution in [0.3, 0.4) is 0 Å². The second-order valence-corrected chi connectivity index (χ2v) is 7.36. The van der Waals surface area contributed by atoms with Crippen LogP contribution in [0.5, 0.6) is 11.5 Å². The number of nitrogens with two attached hydrogens (primary N) is 1. The lowest BCUT2D eigenvalue weighted by atomic mass is 9.85. The summed E-state index contributed by atoms with van der Waals surface area (Å²) >= 11 is 0. The largest absolute Gasteiger partial charge is 0.454 e. The molecule has 4 heterocycles. The summed E-state index contributed by atoms with van der Waals surface area (Å²) in [5.74, 6) is 1.79. The van der Waals surface area contributed by atoms with E-state index in [1.807, 2.05) is 19.1 Å². The van der Waals surface area contributed by atoms with E-state index in [4.69, 9.17) is 15.2 Å². The molecule has 0 saturated carbocycles. The zero-order chi connectivity index (χ0) is 18.0. The van der Waals surface area contributed by atoms with Gasteiger partial charge in [0.15, 0.2) is 11.5 Å². The lowest BCUT2D eigenvalue weighted by molar-refractivity contribution is 0.174. The number of rotatable bonds is 1. The minimum atomic E-state index is 0.229. The molecule has 26 heavy (non-hydrogen) atoms. The normalized spacial score (nSPS) is 23.0. The minimum Gasteiger partial charge on any atom is -0.454 e. The molecule has 1 aromatic carbocycles. The molecule has 0 spiro atoms. The van der Waals surface area contributed by atoms with Crippen molar-refractivity contribution in [2.45, 2.75) is 38.3 Å². The molecule has 2 N–H and O–H groups in total. The first-order valence-electron chi connectivity index (χ1n) is 8.93. The van der Waals surface area contributed by atoms with Crippen LogP contribution in [0.4, 0.5) is 5.82 Å². The van der Waals surface area contributed by atoms with E-state index < -0.39 is 0 Å². The Hall–Kier alpha value is -2.78. The first-order valence-corrected chi connectivity index (χ1v) is 8.93. The molecule has 0 radical (unpaired) electrons. The second kappa shape index (κ2) is 5.36. The average molecular weight is 348 g/mol. The number of aromatic nitrogens is 1.